The molecule has 16 heavy (non-hydrogen) atoms. The zero-order chi connectivity index (χ0) is 11.7. The molecule has 0 spiro atoms. The van der Waals surface area contributed by atoms with Gasteiger partial charge >= 0.3 is 0 Å². The van der Waals surface area contributed by atoms with E-state index >= 15 is 0 Å². The van der Waals surface area contributed by atoms with E-state index in [1.165, 1.54) is 0 Å². The average molecular weight is 219 g/mol. The Morgan fingerprint density at radius 1 is 1.44 bits per heavy atom. The van der Waals surface area contributed by atoms with Gasteiger partial charge in [-0.15, -0.1) is 0 Å². The van der Waals surface area contributed by atoms with Gasteiger partial charge in [-0.1, -0.05) is 6.07 Å². The second kappa shape index (κ2) is 4.14. The third-order valence-corrected chi connectivity index (χ3v) is 2.90. The zero-order valence-corrected chi connectivity index (χ0v) is 9.68. The Hall–Kier alpha value is -1.55. The van der Waals surface area contributed by atoms with Gasteiger partial charge in [0, 0.05) is 32.0 Å². The van der Waals surface area contributed by atoms with Crippen molar-refractivity contribution in [2.75, 3.05) is 30.4 Å². The number of benzene rings is 1. The zero-order valence-electron chi connectivity index (χ0n) is 9.68. The van der Waals surface area contributed by atoms with E-state index in [4.69, 9.17) is 5.73 Å². The first kappa shape index (κ1) is 11.0. The second-order valence-corrected chi connectivity index (χ2v) is 4.30. The third-order valence-electron chi connectivity index (χ3n) is 2.90. The number of hydrogen-bond acceptors (Lipinski definition) is 3. The number of hydrogen-bond donors (Lipinski definition) is 1. The van der Waals surface area contributed by atoms with E-state index < -0.39 is 0 Å². The number of nitrogens with zero attached hydrogens (tertiary/aromatic N) is 2. The number of anilines is 2. The predicted molar refractivity (Wildman–Crippen MR) is 65.7 cm³/mol. The molecule has 0 aliphatic carbocycles. The lowest BCUT2D eigenvalue weighted by Gasteiger charge is -2.19. The topological polar surface area (TPSA) is 49.6 Å². The molecular formula is C12H17N3O. The quantitative estimate of drug-likeness (QED) is 0.801. The van der Waals surface area contributed by atoms with Gasteiger partial charge in [-0.3, -0.25) is 4.79 Å². The van der Waals surface area contributed by atoms with Gasteiger partial charge in [0.2, 0.25) is 5.91 Å². The summed E-state index contributed by atoms with van der Waals surface area (Å²) in [6, 6.07) is 7.60. The van der Waals surface area contributed by atoms with Crippen LogP contribution in [0, 0.1) is 0 Å². The Labute approximate surface area is 95.6 Å². The van der Waals surface area contributed by atoms with Crippen LogP contribution in [0.5, 0.6) is 0 Å². The van der Waals surface area contributed by atoms with Gasteiger partial charge in [-0.2, -0.15) is 0 Å². The Morgan fingerprint density at radius 3 is 2.75 bits per heavy atom. The van der Waals surface area contributed by atoms with Crippen LogP contribution in [0.15, 0.2) is 24.3 Å². The Balaban J connectivity index is 2.27. The molecule has 1 heterocycles. The molecule has 4 nitrogen and oxygen atoms in total. The fraction of sp³-hybridized carbons (Fsp3) is 0.417. The van der Waals surface area contributed by atoms with Crippen molar-refractivity contribution in [1.82, 2.24) is 0 Å². The summed E-state index contributed by atoms with van der Waals surface area (Å²) in [6.07, 6.45) is 0.741. The molecule has 2 N–H and O–H groups in total. The van der Waals surface area contributed by atoms with Crippen molar-refractivity contribution in [1.29, 1.82) is 0 Å². The predicted octanol–water partition coefficient (Wildman–Crippen LogP) is 0.817. The van der Waals surface area contributed by atoms with E-state index in [-0.39, 0.29) is 11.9 Å². The number of carbonyl (C=O) groups excluding carboxylic acids is 1. The molecule has 0 radical (unpaired) electrons. The molecule has 4 heteroatoms. The lowest BCUT2D eigenvalue weighted by Crippen LogP contribution is -2.34. The van der Waals surface area contributed by atoms with Crippen LogP contribution in [0.3, 0.4) is 0 Å². The number of rotatable bonds is 2. The Morgan fingerprint density at radius 2 is 2.19 bits per heavy atom. The molecule has 1 saturated heterocycles. The summed E-state index contributed by atoms with van der Waals surface area (Å²) in [5, 5.41) is 0. The molecule has 0 saturated carbocycles. The van der Waals surface area contributed by atoms with Crippen molar-refractivity contribution >= 4 is 17.3 Å². The van der Waals surface area contributed by atoms with Crippen LogP contribution in [0.4, 0.5) is 11.4 Å². The number of carbonyl (C=O) groups is 1. The first-order valence-corrected chi connectivity index (χ1v) is 5.44. The van der Waals surface area contributed by atoms with Crippen LogP contribution in [0.1, 0.15) is 6.42 Å². The standard InChI is InChI=1S/C12H17N3O/c1-14(2)9-4-3-5-10(8-9)15-7-6-11(13)12(15)16/h3-5,8,11H,6-7,13H2,1-2H3. The Kier molecular flexibility index (Phi) is 2.83. The van der Waals surface area contributed by atoms with E-state index in [1.54, 1.807) is 4.90 Å². The van der Waals surface area contributed by atoms with E-state index in [1.807, 2.05) is 43.3 Å². The fourth-order valence-corrected chi connectivity index (χ4v) is 1.90. The fourth-order valence-electron chi connectivity index (χ4n) is 1.90. The minimum Gasteiger partial charge on any atom is -0.378 e. The lowest BCUT2D eigenvalue weighted by atomic mass is 10.2. The van der Waals surface area contributed by atoms with E-state index in [2.05, 4.69) is 0 Å². The minimum atomic E-state index is -0.331. The largest absolute Gasteiger partial charge is 0.378 e. The molecule has 0 aromatic heterocycles. The Bertz CT molecular complexity index is 403. The highest BCUT2D eigenvalue weighted by Crippen LogP contribution is 2.24. The monoisotopic (exact) mass is 219 g/mol. The minimum absolute atomic E-state index is 0.0240. The molecule has 2 rings (SSSR count). The van der Waals surface area contributed by atoms with Crippen LogP contribution in [-0.2, 0) is 4.79 Å². The molecule has 1 unspecified atom stereocenters. The molecule has 0 bridgehead atoms. The summed E-state index contributed by atoms with van der Waals surface area (Å²) in [5.74, 6) is 0.0240. The summed E-state index contributed by atoms with van der Waals surface area (Å²) in [7, 11) is 3.97. The van der Waals surface area contributed by atoms with Crippen molar-refractivity contribution in [2.45, 2.75) is 12.5 Å². The van der Waals surface area contributed by atoms with Crippen molar-refractivity contribution in [3.8, 4) is 0 Å². The molecule has 1 amide bonds. The number of amides is 1. The SMILES string of the molecule is CN(C)c1cccc(N2CCC(N)C2=O)c1. The summed E-state index contributed by atoms with van der Waals surface area (Å²) < 4.78 is 0. The highest BCUT2D eigenvalue weighted by Gasteiger charge is 2.29. The van der Waals surface area contributed by atoms with Crippen molar-refractivity contribution in [3.05, 3.63) is 24.3 Å². The molecule has 1 fully saturated rings. The summed E-state index contributed by atoms with van der Waals surface area (Å²) in [6.45, 7) is 0.719. The molecule has 1 aromatic rings. The average Bonchev–Trinajstić information content (AvgIpc) is 2.60. The van der Waals surface area contributed by atoms with E-state index in [0.29, 0.717) is 0 Å². The molecule has 1 aliphatic rings. The van der Waals surface area contributed by atoms with Crippen molar-refractivity contribution < 1.29 is 4.79 Å². The maximum Gasteiger partial charge on any atom is 0.243 e. The van der Waals surface area contributed by atoms with Crippen LogP contribution in [0.2, 0.25) is 0 Å². The third kappa shape index (κ3) is 1.88. The van der Waals surface area contributed by atoms with Gasteiger partial charge in [0.15, 0.2) is 0 Å². The van der Waals surface area contributed by atoms with Gasteiger partial charge in [0.1, 0.15) is 0 Å². The normalized spacial score (nSPS) is 20.3. The van der Waals surface area contributed by atoms with Crippen LogP contribution in [-0.4, -0.2) is 32.6 Å². The summed E-state index contributed by atoms with van der Waals surface area (Å²) in [5.41, 5.74) is 7.73. The molecular weight excluding hydrogens is 202 g/mol. The maximum atomic E-state index is 11.8. The van der Waals surface area contributed by atoms with Crippen LogP contribution in [0.25, 0.3) is 0 Å². The molecule has 1 aromatic carbocycles. The van der Waals surface area contributed by atoms with E-state index in [0.717, 1.165) is 24.3 Å². The summed E-state index contributed by atoms with van der Waals surface area (Å²) >= 11 is 0. The van der Waals surface area contributed by atoms with Crippen molar-refractivity contribution in [2.24, 2.45) is 5.73 Å². The van der Waals surface area contributed by atoms with E-state index in [9.17, 15) is 4.79 Å². The first-order chi connectivity index (χ1) is 7.59. The maximum absolute atomic E-state index is 11.8. The smallest absolute Gasteiger partial charge is 0.243 e. The van der Waals surface area contributed by atoms with Gasteiger partial charge in [0.25, 0.3) is 0 Å². The summed E-state index contributed by atoms with van der Waals surface area (Å²) in [4.78, 5) is 15.6. The van der Waals surface area contributed by atoms with Crippen LogP contribution >= 0.6 is 0 Å². The van der Waals surface area contributed by atoms with Gasteiger partial charge < -0.3 is 15.5 Å². The molecule has 86 valence electrons. The number of nitrogens with two attached hydrogens (primary N) is 1. The van der Waals surface area contributed by atoms with Gasteiger partial charge in [-0.25, -0.2) is 0 Å². The second-order valence-electron chi connectivity index (χ2n) is 4.30. The first-order valence-electron chi connectivity index (χ1n) is 5.44. The molecule has 1 aliphatic heterocycles. The lowest BCUT2D eigenvalue weighted by molar-refractivity contribution is -0.118. The van der Waals surface area contributed by atoms with Crippen molar-refractivity contribution in [3.63, 3.8) is 0 Å². The highest BCUT2D eigenvalue weighted by atomic mass is 16.2. The van der Waals surface area contributed by atoms with Gasteiger partial charge in [0.05, 0.1) is 6.04 Å². The van der Waals surface area contributed by atoms with Crippen LogP contribution < -0.4 is 15.5 Å². The molecule has 1 atom stereocenters. The van der Waals surface area contributed by atoms with Gasteiger partial charge in [-0.05, 0) is 24.6 Å². The highest BCUT2D eigenvalue weighted by molar-refractivity contribution is 5.99.